The van der Waals surface area contributed by atoms with E-state index in [-0.39, 0.29) is 23.4 Å². The highest BCUT2D eigenvalue weighted by Crippen LogP contribution is 2.40. The minimum Gasteiger partial charge on any atom is -0.871 e. The van der Waals surface area contributed by atoms with Gasteiger partial charge in [-0.2, -0.15) is 0 Å². The average Bonchev–Trinajstić information content (AvgIpc) is 3.33. The Kier molecular flexibility index (Phi) is 6.36. The largest absolute Gasteiger partial charge is 0.871 e. The summed E-state index contributed by atoms with van der Waals surface area (Å²) in [6, 6.07) is 10.2. The van der Waals surface area contributed by atoms with E-state index in [2.05, 4.69) is 4.98 Å². The normalized spacial score (nSPS) is 20.7. The molecule has 4 heterocycles. The summed E-state index contributed by atoms with van der Waals surface area (Å²) in [6.07, 6.45) is 2.31. The van der Waals surface area contributed by atoms with Crippen molar-refractivity contribution in [1.29, 1.82) is 0 Å². The number of nitrogens with zero attached hydrogens (tertiary/aromatic N) is 3. The number of fused-ring (bicyclic) bond motifs is 1. The van der Waals surface area contributed by atoms with Crippen molar-refractivity contribution in [1.82, 2.24) is 14.3 Å². The van der Waals surface area contributed by atoms with Crippen LogP contribution in [0.2, 0.25) is 0 Å². The van der Waals surface area contributed by atoms with Gasteiger partial charge < -0.3 is 24.0 Å². The first-order valence-electron chi connectivity index (χ1n) is 11.8. The predicted octanol–water partition coefficient (Wildman–Crippen LogP) is 0.311. The third kappa shape index (κ3) is 4.21. The zero-order chi connectivity index (χ0) is 24.5. The number of benzene rings is 1. The second-order valence-electron chi connectivity index (χ2n) is 8.94. The van der Waals surface area contributed by atoms with Gasteiger partial charge in [0.2, 0.25) is 5.78 Å². The number of hydrogen-bond donors (Lipinski definition) is 1. The van der Waals surface area contributed by atoms with E-state index in [4.69, 9.17) is 4.74 Å². The Labute approximate surface area is 202 Å². The van der Waals surface area contributed by atoms with Gasteiger partial charge in [0.15, 0.2) is 0 Å². The van der Waals surface area contributed by atoms with Gasteiger partial charge in [0.1, 0.15) is 24.6 Å². The number of aromatic nitrogens is 2. The number of ether oxygens (including phenoxy) is 1. The number of carbonyl (C=O) groups is 2. The first-order chi connectivity index (χ1) is 17.0. The highest BCUT2D eigenvalue weighted by Gasteiger charge is 2.45. The van der Waals surface area contributed by atoms with Crippen molar-refractivity contribution < 1.29 is 28.7 Å². The van der Waals surface area contributed by atoms with Crippen LogP contribution in [0.4, 0.5) is 4.39 Å². The predicted molar refractivity (Wildman–Crippen MR) is 124 cm³/mol. The molecule has 0 bridgehead atoms. The Hall–Kier alpha value is -3.56. The van der Waals surface area contributed by atoms with Crippen LogP contribution in [0, 0.1) is 12.7 Å². The van der Waals surface area contributed by atoms with E-state index in [1.54, 1.807) is 47.9 Å². The molecule has 2 fully saturated rings. The second-order valence-corrected chi connectivity index (χ2v) is 8.94. The van der Waals surface area contributed by atoms with Crippen molar-refractivity contribution in [3.05, 3.63) is 77.0 Å². The maximum absolute atomic E-state index is 15.0. The van der Waals surface area contributed by atoms with E-state index < -0.39 is 29.3 Å². The third-order valence-electron chi connectivity index (χ3n) is 6.78. The van der Waals surface area contributed by atoms with Gasteiger partial charge in [-0.1, -0.05) is 30.0 Å². The van der Waals surface area contributed by atoms with E-state index in [1.165, 1.54) is 21.9 Å². The fourth-order valence-corrected chi connectivity index (χ4v) is 5.05. The van der Waals surface area contributed by atoms with Crippen LogP contribution in [0.3, 0.4) is 0 Å². The molecular formula is C26H27FN4O4. The lowest BCUT2D eigenvalue weighted by Gasteiger charge is -2.29. The van der Waals surface area contributed by atoms with Crippen LogP contribution >= 0.6 is 0 Å². The number of nitrogens with one attached hydrogen (secondary N) is 1. The molecule has 0 spiro atoms. The highest BCUT2D eigenvalue weighted by molar-refractivity contribution is 6.46. The summed E-state index contributed by atoms with van der Waals surface area (Å²) in [5.74, 6) is -2.82. The molecule has 2 aliphatic rings. The number of pyridine rings is 1. The van der Waals surface area contributed by atoms with Gasteiger partial charge in [0.25, 0.3) is 5.91 Å². The summed E-state index contributed by atoms with van der Waals surface area (Å²) in [5, 5.41) is 13.8. The molecule has 182 valence electrons. The number of imidazole rings is 1. The number of likely N-dealkylation sites (tertiary alicyclic amines) is 1. The second kappa shape index (κ2) is 9.59. The van der Waals surface area contributed by atoms with Crippen molar-refractivity contribution in [3.63, 3.8) is 0 Å². The Bertz CT molecular complexity index is 1310. The van der Waals surface area contributed by atoms with Crippen LogP contribution in [0.1, 0.15) is 29.4 Å². The van der Waals surface area contributed by atoms with Gasteiger partial charge >= 0.3 is 0 Å². The van der Waals surface area contributed by atoms with Crippen LogP contribution in [-0.2, 0) is 14.3 Å². The van der Waals surface area contributed by atoms with Gasteiger partial charge in [0.05, 0.1) is 37.2 Å². The zero-order valence-corrected chi connectivity index (χ0v) is 19.5. The lowest BCUT2D eigenvalue weighted by Crippen LogP contribution is -3.14. The summed E-state index contributed by atoms with van der Waals surface area (Å²) in [5.41, 5.74) is 1.11. The average molecular weight is 479 g/mol. The molecule has 2 saturated heterocycles. The van der Waals surface area contributed by atoms with E-state index in [0.717, 1.165) is 19.6 Å². The van der Waals surface area contributed by atoms with Crippen LogP contribution in [0.15, 0.2) is 54.2 Å². The van der Waals surface area contributed by atoms with E-state index >= 15 is 0 Å². The topological polar surface area (TPSA) is 91.4 Å². The number of morpholine rings is 1. The number of hydrogen-bond acceptors (Lipinski definition) is 5. The van der Waals surface area contributed by atoms with Gasteiger partial charge in [-0.25, -0.2) is 9.37 Å². The number of ketones is 1. The highest BCUT2D eigenvalue weighted by atomic mass is 19.1. The number of aryl methyl sites for hydroxylation is 1. The SMILES string of the molecule is Cc1nc2ccccn2c1/C([O-])=C1\C(=O)C(=O)N(CCC[NH+]2CCOCC2)C1c1ccccc1F. The standard InChI is InChI=1S/C26H27FN4O4/c1-17-22(30-11-5-4-9-20(30)28-17)24(32)21-23(18-7-2-3-8-19(18)27)31(26(34)25(21)33)12-6-10-29-13-15-35-16-14-29/h2-5,7-9,11,23,32H,6,10,12-16H2,1H3/b24-21+. The molecule has 1 aromatic carbocycles. The molecule has 1 amide bonds. The monoisotopic (exact) mass is 478 g/mol. The quantitative estimate of drug-likeness (QED) is 0.313. The Morgan fingerprint density at radius 3 is 2.69 bits per heavy atom. The molecule has 8 nitrogen and oxygen atoms in total. The fourth-order valence-electron chi connectivity index (χ4n) is 5.05. The molecule has 35 heavy (non-hydrogen) atoms. The molecule has 2 aromatic heterocycles. The molecule has 5 rings (SSSR count). The third-order valence-corrected chi connectivity index (χ3v) is 6.78. The number of Topliss-reactive ketones (excluding diaryl/α,β-unsaturated/α-hetero) is 1. The molecule has 0 aliphatic carbocycles. The lowest BCUT2D eigenvalue weighted by molar-refractivity contribution is -0.908. The molecule has 0 saturated carbocycles. The molecular weight excluding hydrogens is 451 g/mol. The summed E-state index contributed by atoms with van der Waals surface area (Å²) in [4.78, 5) is 33.5. The minimum absolute atomic E-state index is 0.139. The van der Waals surface area contributed by atoms with Crippen LogP contribution in [0.5, 0.6) is 0 Å². The number of carbonyl (C=O) groups excluding carboxylic acids is 2. The van der Waals surface area contributed by atoms with Gasteiger partial charge in [-0.3, -0.25) is 9.59 Å². The summed E-state index contributed by atoms with van der Waals surface area (Å²) in [7, 11) is 0. The van der Waals surface area contributed by atoms with Gasteiger partial charge in [-0.15, -0.1) is 0 Å². The van der Waals surface area contributed by atoms with E-state index in [0.29, 0.717) is 31.0 Å². The smallest absolute Gasteiger partial charge is 0.295 e. The number of halogens is 1. The van der Waals surface area contributed by atoms with Gasteiger partial charge in [0, 0.05) is 30.3 Å². The summed E-state index contributed by atoms with van der Waals surface area (Å²) < 4.78 is 22.0. The summed E-state index contributed by atoms with van der Waals surface area (Å²) in [6.45, 7) is 5.87. The summed E-state index contributed by atoms with van der Waals surface area (Å²) >= 11 is 0. The van der Waals surface area contributed by atoms with E-state index in [9.17, 15) is 19.1 Å². The number of rotatable bonds is 6. The fraction of sp³-hybridized carbons (Fsp3) is 0.346. The maximum atomic E-state index is 15.0. The van der Waals surface area contributed by atoms with Crippen molar-refractivity contribution in [2.24, 2.45) is 0 Å². The van der Waals surface area contributed by atoms with Crippen molar-refractivity contribution in [2.45, 2.75) is 19.4 Å². The van der Waals surface area contributed by atoms with Crippen LogP contribution < -0.4 is 10.0 Å². The molecule has 1 unspecified atom stereocenters. The van der Waals surface area contributed by atoms with Crippen LogP contribution in [-0.4, -0.2) is 65.4 Å². The zero-order valence-electron chi connectivity index (χ0n) is 19.5. The number of amides is 1. The van der Waals surface area contributed by atoms with E-state index in [1.807, 2.05) is 0 Å². The molecule has 1 N–H and O–H groups in total. The molecule has 0 radical (unpaired) electrons. The first kappa shape index (κ1) is 23.2. The molecule has 2 aliphatic heterocycles. The van der Waals surface area contributed by atoms with Crippen molar-refractivity contribution in [2.75, 3.05) is 39.4 Å². The molecule has 1 atom stereocenters. The lowest BCUT2D eigenvalue weighted by atomic mass is 9.95. The number of quaternary nitrogens is 1. The maximum Gasteiger partial charge on any atom is 0.295 e. The minimum atomic E-state index is -1.09. The molecule has 3 aromatic rings. The molecule has 9 heteroatoms. The van der Waals surface area contributed by atoms with Gasteiger partial charge in [-0.05, 0) is 25.1 Å². The Morgan fingerprint density at radius 1 is 1.17 bits per heavy atom. The van der Waals surface area contributed by atoms with Crippen molar-refractivity contribution in [3.8, 4) is 0 Å². The Morgan fingerprint density at radius 2 is 1.91 bits per heavy atom. The van der Waals surface area contributed by atoms with Crippen LogP contribution in [0.25, 0.3) is 11.4 Å². The Balaban J connectivity index is 1.56. The first-order valence-corrected chi connectivity index (χ1v) is 11.8. The van der Waals surface area contributed by atoms with Crippen molar-refractivity contribution >= 4 is 23.1 Å².